The third kappa shape index (κ3) is 3.16. The van der Waals surface area contributed by atoms with Crippen LogP contribution < -0.4 is 16.4 Å². The van der Waals surface area contributed by atoms with Crippen molar-refractivity contribution in [2.24, 2.45) is 0 Å². The number of nitrogens with zero attached hydrogens (tertiary/aromatic N) is 3. The standard InChI is InChI=1S/C48H28BN3/c1-3-14-29(15-4-1)30-26-35-32-18-7-10-21-38(32)51-41-24-13-25-42-46(41)49(36(27-30)47(35)51)37-28-43-44(45-34-20-9-12-23-40(34)52(42)48(37)45)33-19-8-11-22-39(33)50(43)31-16-5-2-6-17-31/h1-28H. The Morgan fingerprint density at radius 3 is 1.63 bits per heavy atom. The van der Waals surface area contributed by atoms with Crippen molar-refractivity contribution >= 4 is 88.5 Å². The van der Waals surface area contributed by atoms with Crippen molar-refractivity contribution in [3.8, 4) is 28.2 Å². The first kappa shape index (κ1) is 27.0. The lowest BCUT2D eigenvalue weighted by Crippen LogP contribution is -2.59. The van der Waals surface area contributed by atoms with Gasteiger partial charge in [-0.05, 0) is 82.1 Å². The second-order valence-electron chi connectivity index (χ2n) is 14.4. The smallest absolute Gasteiger partial charge is 0.252 e. The fraction of sp³-hybridized carbons (Fsp3) is 0. The van der Waals surface area contributed by atoms with Gasteiger partial charge in [0.2, 0.25) is 0 Å². The first-order chi connectivity index (χ1) is 25.8. The van der Waals surface area contributed by atoms with Gasteiger partial charge in [0.05, 0.1) is 27.6 Å². The Hall–Kier alpha value is -6.78. The van der Waals surface area contributed by atoms with Gasteiger partial charge in [-0.1, -0.05) is 115 Å². The van der Waals surface area contributed by atoms with Crippen LogP contribution in [0.5, 0.6) is 0 Å². The Morgan fingerprint density at radius 2 is 0.904 bits per heavy atom. The minimum Gasteiger partial charge on any atom is -0.310 e. The number of fused-ring (bicyclic) bond motifs is 14. The Morgan fingerprint density at radius 1 is 0.346 bits per heavy atom. The highest BCUT2D eigenvalue weighted by Crippen LogP contribution is 2.44. The first-order valence-electron chi connectivity index (χ1n) is 18.2. The fourth-order valence-electron chi connectivity index (χ4n) is 10.1. The highest BCUT2D eigenvalue weighted by molar-refractivity contribution is 7.00. The molecule has 0 radical (unpaired) electrons. The minimum absolute atomic E-state index is 0.0418. The lowest BCUT2D eigenvalue weighted by atomic mass is 9.34. The van der Waals surface area contributed by atoms with E-state index in [2.05, 4.69) is 184 Å². The van der Waals surface area contributed by atoms with E-state index in [9.17, 15) is 0 Å². The fourth-order valence-corrected chi connectivity index (χ4v) is 10.1. The summed E-state index contributed by atoms with van der Waals surface area (Å²) in [6.45, 7) is 0.0418. The van der Waals surface area contributed by atoms with Gasteiger partial charge in [0.15, 0.2) is 0 Å². The largest absolute Gasteiger partial charge is 0.310 e. The predicted molar refractivity (Wildman–Crippen MR) is 220 cm³/mol. The summed E-state index contributed by atoms with van der Waals surface area (Å²) >= 11 is 0. The van der Waals surface area contributed by atoms with E-state index in [0.717, 1.165) is 0 Å². The minimum atomic E-state index is 0.0418. The topological polar surface area (TPSA) is 14.8 Å². The molecule has 13 rings (SSSR count). The van der Waals surface area contributed by atoms with E-state index in [-0.39, 0.29) is 6.71 Å². The van der Waals surface area contributed by atoms with Crippen molar-refractivity contribution in [3.05, 3.63) is 170 Å². The van der Waals surface area contributed by atoms with Crippen LogP contribution in [0.15, 0.2) is 170 Å². The van der Waals surface area contributed by atoms with Crippen LogP contribution in [-0.4, -0.2) is 20.4 Å². The molecule has 3 nitrogen and oxygen atoms in total. The van der Waals surface area contributed by atoms with Gasteiger partial charge in [-0.15, -0.1) is 0 Å². The molecule has 2 aliphatic rings. The second-order valence-corrected chi connectivity index (χ2v) is 14.4. The maximum absolute atomic E-state index is 2.58. The van der Waals surface area contributed by atoms with E-state index in [4.69, 9.17) is 0 Å². The van der Waals surface area contributed by atoms with Gasteiger partial charge in [-0.25, -0.2) is 0 Å². The molecular weight excluding hydrogens is 629 g/mol. The molecule has 4 heteroatoms. The molecule has 3 aromatic heterocycles. The molecule has 52 heavy (non-hydrogen) atoms. The summed E-state index contributed by atoms with van der Waals surface area (Å²) < 4.78 is 7.62. The molecule has 0 atom stereocenters. The highest BCUT2D eigenvalue weighted by atomic mass is 15.0. The van der Waals surface area contributed by atoms with E-state index < -0.39 is 0 Å². The molecule has 8 aromatic carbocycles. The molecule has 0 N–H and O–H groups in total. The molecule has 5 heterocycles. The van der Waals surface area contributed by atoms with Crippen LogP contribution in [0.2, 0.25) is 0 Å². The van der Waals surface area contributed by atoms with Gasteiger partial charge in [0, 0.05) is 54.9 Å². The lowest BCUT2D eigenvalue weighted by Gasteiger charge is -2.34. The Kier molecular flexibility index (Phi) is 4.94. The molecule has 0 amide bonds. The van der Waals surface area contributed by atoms with E-state index in [1.807, 2.05) is 0 Å². The van der Waals surface area contributed by atoms with Crippen LogP contribution in [0.25, 0.3) is 93.6 Å². The average molecular weight is 658 g/mol. The second kappa shape index (κ2) is 9.51. The number of hydrogen-bond acceptors (Lipinski definition) is 0. The number of aromatic nitrogens is 3. The summed E-state index contributed by atoms with van der Waals surface area (Å²) in [6.07, 6.45) is 0. The van der Waals surface area contributed by atoms with Crippen LogP contribution in [-0.2, 0) is 0 Å². The number of para-hydroxylation sites is 4. The van der Waals surface area contributed by atoms with E-state index in [0.29, 0.717) is 0 Å². The summed E-state index contributed by atoms with van der Waals surface area (Å²) in [5.74, 6) is 0. The molecule has 0 saturated carbocycles. The van der Waals surface area contributed by atoms with Crippen LogP contribution in [0, 0.1) is 0 Å². The predicted octanol–water partition coefficient (Wildman–Crippen LogP) is 9.79. The molecular formula is C48H28BN3. The Bertz CT molecular complexity index is 3350. The Balaban J connectivity index is 1.29. The monoisotopic (exact) mass is 657 g/mol. The van der Waals surface area contributed by atoms with E-state index >= 15 is 0 Å². The highest BCUT2D eigenvalue weighted by Gasteiger charge is 2.41. The van der Waals surface area contributed by atoms with Gasteiger partial charge < -0.3 is 13.7 Å². The summed E-state index contributed by atoms with van der Waals surface area (Å²) in [5, 5.41) is 7.84. The quantitative estimate of drug-likeness (QED) is 0.165. The summed E-state index contributed by atoms with van der Waals surface area (Å²) in [4.78, 5) is 0. The number of benzene rings is 8. The normalized spacial score (nSPS) is 13.0. The molecule has 0 unspecified atom stereocenters. The van der Waals surface area contributed by atoms with Crippen molar-refractivity contribution in [1.29, 1.82) is 0 Å². The summed E-state index contributed by atoms with van der Waals surface area (Å²) in [6, 6.07) is 63.2. The van der Waals surface area contributed by atoms with Gasteiger partial charge in [-0.3, -0.25) is 0 Å². The van der Waals surface area contributed by atoms with Crippen LogP contribution in [0.3, 0.4) is 0 Å². The first-order valence-corrected chi connectivity index (χ1v) is 18.2. The maximum atomic E-state index is 2.58. The molecule has 2 aliphatic heterocycles. The molecule has 11 aromatic rings. The van der Waals surface area contributed by atoms with Gasteiger partial charge >= 0.3 is 0 Å². The number of rotatable bonds is 2. The van der Waals surface area contributed by atoms with Crippen LogP contribution in [0.1, 0.15) is 0 Å². The van der Waals surface area contributed by atoms with Crippen molar-refractivity contribution in [2.45, 2.75) is 0 Å². The van der Waals surface area contributed by atoms with Crippen LogP contribution in [0.4, 0.5) is 0 Å². The average Bonchev–Trinajstić information content (AvgIpc) is 3.85. The molecule has 0 saturated heterocycles. The van der Waals surface area contributed by atoms with Crippen LogP contribution >= 0.6 is 0 Å². The number of hydrogen-bond donors (Lipinski definition) is 0. The van der Waals surface area contributed by atoms with Crippen molar-refractivity contribution in [3.63, 3.8) is 0 Å². The molecule has 0 spiro atoms. The summed E-state index contributed by atoms with van der Waals surface area (Å²) in [5.41, 5.74) is 18.0. The van der Waals surface area contributed by atoms with Crippen molar-refractivity contribution in [2.75, 3.05) is 0 Å². The lowest BCUT2D eigenvalue weighted by molar-refractivity contribution is 1.14. The Labute approximate surface area is 299 Å². The van der Waals surface area contributed by atoms with Gasteiger partial charge in [0.1, 0.15) is 0 Å². The third-order valence-electron chi connectivity index (χ3n) is 12.0. The zero-order valence-corrected chi connectivity index (χ0v) is 28.1. The van der Waals surface area contributed by atoms with Gasteiger partial charge in [0.25, 0.3) is 6.71 Å². The molecule has 238 valence electrons. The summed E-state index contributed by atoms with van der Waals surface area (Å²) in [7, 11) is 0. The SMILES string of the molecule is c1ccc(-c2cc3c4c(c2)c2ccccc2n4-c2cccc4c2B3c2cc3c(c5ccccc5n3-c3ccccc3)c3c5ccccc5n-4c23)cc1. The third-order valence-corrected chi connectivity index (χ3v) is 12.0. The van der Waals surface area contributed by atoms with E-state index in [1.54, 1.807) is 0 Å². The zero-order chi connectivity index (χ0) is 33.7. The van der Waals surface area contributed by atoms with Gasteiger partial charge in [-0.2, -0.15) is 0 Å². The maximum Gasteiger partial charge on any atom is 0.252 e. The van der Waals surface area contributed by atoms with E-state index in [1.165, 1.54) is 110 Å². The zero-order valence-electron chi connectivity index (χ0n) is 28.1. The molecule has 0 bridgehead atoms. The van der Waals surface area contributed by atoms with Crippen molar-refractivity contribution < 1.29 is 0 Å². The molecule has 0 fully saturated rings. The molecule has 0 aliphatic carbocycles. The van der Waals surface area contributed by atoms with Crippen molar-refractivity contribution in [1.82, 2.24) is 13.7 Å².